The van der Waals surface area contributed by atoms with E-state index >= 15 is 0 Å². The first kappa shape index (κ1) is 19.8. The minimum absolute atomic E-state index is 0.338. The average molecular weight is 347 g/mol. The van der Waals surface area contributed by atoms with Crippen molar-refractivity contribution >= 4 is 23.8 Å². The predicted molar refractivity (Wildman–Crippen MR) is 76.2 cm³/mol. The lowest BCUT2D eigenvalue weighted by atomic mass is 9.96. The van der Waals surface area contributed by atoms with Crippen LogP contribution in [0.25, 0.3) is 0 Å². The van der Waals surface area contributed by atoms with Crippen molar-refractivity contribution in [1.29, 1.82) is 0 Å². The number of rotatable bonds is 5. The summed E-state index contributed by atoms with van der Waals surface area (Å²) in [6, 6.07) is -1.16. The molecule has 1 heterocycles. The number of aliphatic hydroxyl groups is 1. The average Bonchev–Trinajstić information content (AvgIpc) is 2.42. The zero-order valence-corrected chi connectivity index (χ0v) is 13.8. The maximum Gasteiger partial charge on any atom is 0.303 e. The minimum Gasteiger partial charge on any atom is -0.463 e. The molecule has 2 N–H and O–H groups in total. The van der Waals surface area contributed by atoms with Gasteiger partial charge < -0.3 is 29.4 Å². The Balaban J connectivity index is 3.11. The van der Waals surface area contributed by atoms with Crippen LogP contribution in [0, 0.1) is 0 Å². The number of hydrogen-bond donors (Lipinski definition) is 2. The van der Waals surface area contributed by atoms with E-state index in [9.17, 15) is 24.3 Å². The summed E-state index contributed by atoms with van der Waals surface area (Å²) in [6.07, 6.45) is -5.06. The molecule has 0 saturated carbocycles. The van der Waals surface area contributed by atoms with E-state index in [0.29, 0.717) is 0 Å². The van der Waals surface area contributed by atoms with Gasteiger partial charge in [0.05, 0.1) is 0 Å². The van der Waals surface area contributed by atoms with Crippen LogP contribution in [0.15, 0.2) is 0 Å². The summed E-state index contributed by atoms with van der Waals surface area (Å²) in [6.45, 7) is 4.28. The van der Waals surface area contributed by atoms with Gasteiger partial charge in [0, 0.05) is 27.7 Å². The highest BCUT2D eigenvalue weighted by Crippen LogP contribution is 2.26. The fourth-order valence-corrected chi connectivity index (χ4v) is 2.31. The molecule has 1 saturated heterocycles. The lowest BCUT2D eigenvalue weighted by Gasteiger charge is -2.43. The molecule has 1 rings (SSSR count). The Morgan fingerprint density at radius 2 is 1.50 bits per heavy atom. The highest BCUT2D eigenvalue weighted by Gasteiger charge is 2.50. The van der Waals surface area contributed by atoms with E-state index in [1.807, 2.05) is 0 Å². The molecule has 0 aromatic rings. The van der Waals surface area contributed by atoms with Crippen LogP contribution in [0.1, 0.15) is 27.7 Å². The molecule has 5 atom stereocenters. The zero-order chi connectivity index (χ0) is 18.4. The highest BCUT2D eigenvalue weighted by molar-refractivity contribution is 5.73. The second kappa shape index (κ2) is 8.60. The van der Waals surface area contributed by atoms with Crippen molar-refractivity contribution in [2.75, 3.05) is 6.61 Å². The molecule has 0 bridgehead atoms. The van der Waals surface area contributed by atoms with Crippen LogP contribution in [0.5, 0.6) is 0 Å². The number of nitrogens with one attached hydrogen (secondary N) is 1. The quantitative estimate of drug-likeness (QED) is 0.456. The summed E-state index contributed by atoms with van der Waals surface area (Å²) in [5.74, 6) is -2.54. The van der Waals surface area contributed by atoms with Gasteiger partial charge in [0.15, 0.2) is 18.5 Å². The third-order valence-corrected chi connectivity index (χ3v) is 3.09. The van der Waals surface area contributed by atoms with Crippen molar-refractivity contribution in [3.8, 4) is 0 Å². The van der Waals surface area contributed by atoms with Gasteiger partial charge in [0.2, 0.25) is 5.91 Å². The molecule has 0 aliphatic carbocycles. The van der Waals surface area contributed by atoms with E-state index in [4.69, 9.17) is 18.9 Å². The Bertz CT molecular complexity index is 506. The summed E-state index contributed by atoms with van der Waals surface area (Å²) in [4.78, 5) is 45.0. The minimum atomic E-state index is -1.56. The number of aliphatic hydroxyl groups excluding tert-OH is 1. The molecule has 24 heavy (non-hydrogen) atoms. The van der Waals surface area contributed by atoms with Crippen molar-refractivity contribution in [3.63, 3.8) is 0 Å². The van der Waals surface area contributed by atoms with Crippen molar-refractivity contribution in [2.24, 2.45) is 0 Å². The van der Waals surface area contributed by atoms with Crippen molar-refractivity contribution in [2.45, 2.75) is 58.3 Å². The number of ether oxygens (including phenoxy) is 4. The highest BCUT2D eigenvalue weighted by atomic mass is 16.7. The standard InChI is InChI=1S/C14H21NO9/c1-6(16)15-11-13(23-9(4)19)12(22-8(3)18)10(24-14(11)20)5-21-7(2)17/h10-14,20H,5H2,1-4H3,(H,15,16)/t10-,11+,12-,13+,14+/m1/s1. The lowest BCUT2D eigenvalue weighted by molar-refractivity contribution is -0.264. The number of hydrogen-bond acceptors (Lipinski definition) is 9. The van der Waals surface area contributed by atoms with E-state index < -0.39 is 54.5 Å². The second-order valence-electron chi connectivity index (χ2n) is 5.24. The maximum absolute atomic E-state index is 11.4. The Hall–Kier alpha value is -2.20. The molecule has 1 fully saturated rings. The second-order valence-corrected chi connectivity index (χ2v) is 5.24. The third-order valence-electron chi connectivity index (χ3n) is 3.09. The van der Waals surface area contributed by atoms with Crippen LogP contribution in [-0.2, 0) is 38.1 Å². The van der Waals surface area contributed by atoms with Crippen molar-refractivity contribution in [1.82, 2.24) is 5.32 Å². The van der Waals surface area contributed by atoms with Crippen LogP contribution in [0.2, 0.25) is 0 Å². The fourth-order valence-electron chi connectivity index (χ4n) is 2.31. The smallest absolute Gasteiger partial charge is 0.303 e. The van der Waals surface area contributed by atoms with Crippen LogP contribution < -0.4 is 5.32 Å². The largest absolute Gasteiger partial charge is 0.463 e. The Kier molecular flexibility index (Phi) is 7.11. The molecule has 136 valence electrons. The van der Waals surface area contributed by atoms with E-state index in [2.05, 4.69) is 5.32 Å². The summed E-state index contributed by atoms with van der Waals surface area (Å²) in [7, 11) is 0. The molecule has 0 aromatic heterocycles. The molecule has 0 spiro atoms. The molecular formula is C14H21NO9. The molecule has 0 unspecified atom stereocenters. The molecule has 0 aromatic carbocycles. The predicted octanol–water partition coefficient (Wildman–Crippen LogP) is -1.37. The fraction of sp³-hybridized carbons (Fsp3) is 0.714. The van der Waals surface area contributed by atoms with Gasteiger partial charge in [-0.05, 0) is 0 Å². The van der Waals surface area contributed by atoms with Gasteiger partial charge in [0.1, 0.15) is 18.8 Å². The van der Waals surface area contributed by atoms with Crippen LogP contribution in [-0.4, -0.2) is 66.2 Å². The molecule has 10 heteroatoms. The third kappa shape index (κ3) is 5.78. The van der Waals surface area contributed by atoms with Gasteiger partial charge in [-0.25, -0.2) is 0 Å². The maximum atomic E-state index is 11.4. The molecule has 1 aliphatic rings. The van der Waals surface area contributed by atoms with Crippen LogP contribution in [0.3, 0.4) is 0 Å². The lowest BCUT2D eigenvalue weighted by Crippen LogP contribution is -2.66. The Labute approximate surface area is 138 Å². The van der Waals surface area contributed by atoms with Crippen molar-refractivity contribution < 1.29 is 43.2 Å². The summed E-state index contributed by atoms with van der Waals surface area (Å²) < 4.78 is 20.3. The summed E-state index contributed by atoms with van der Waals surface area (Å²) in [5.41, 5.74) is 0. The van der Waals surface area contributed by atoms with Gasteiger partial charge in [-0.3, -0.25) is 19.2 Å². The van der Waals surface area contributed by atoms with Gasteiger partial charge >= 0.3 is 17.9 Å². The number of carbonyl (C=O) groups is 4. The zero-order valence-electron chi connectivity index (χ0n) is 13.8. The number of esters is 3. The van der Waals surface area contributed by atoms with E-state index in [-0.39, 0.29) is 6.61 Å². The normalized spacial score (nSPS) is 29.3. The van der Waals surface area contributed by atoms with E-state index in [1.54, 1.807) is 0 Å². The van der Waals surface area contributed by atoms with Crippen molar-refractivity contribution in [3.05, 3.63) is 0 Å². The Morgan fingerprint density at radius 3 is 1.96 bits per heavy atom. The monoisotopic (exact) mass is 347 g/mol. The van der Waals surface area contributed by atoms with Crippen LogP contribution >= 0.6 is 0 Å². The first-order valence-electron chi connectivity index (χ1n) is 7.20. The molecule has 1 aliphatic heterocycles. The molecular weight excluding hydrogens is 326 g/mol. The summed E-state index contributed by atoms with van der Waals surface area (Å²) in [5, 5.41) is 12.5. The molecule has 1 amide bonds. The molecule has 0 radical (unpaired) electrons. The van der Waals surface area contributed by atoms with Gasteiger partial charge in [-0.15, -0.1) is 0 Å². The van der Waals surface area contributed by atoms with E-state index in [0.717, 1.165) is 13.8 Å². The van der Waals surface area contributed by atoms with E-state index in [1.165, 1.54) is 13.8 Å². The SMILES string of the molecule is CC(=O)N[C@H]1[C@H](OC(C)=O)[C@H](OC(C)=O)[C@@H](COC(C)=O)O[C@@H]1O. The first-order chi connectivity index (χ1) is 11.1. The Morgan fingerprint density at radius 1 is 0.958 bits per heavy atom. The number of carbonyl (C=O) groups excluding carboxylic acids is 4. The topological polar surface area (TPSA) is 137 Å². The van der Waals surface area contributed by atoms with Crippen LogP contribution in [0.4, 0.5) is 0 Å². The van der Waals surface area contributed by atoms with Gasteiger partial charge in [-0.2, -0.15) is 0 Å². The summed E-state index contributed by atoms with van der Waals surface area (Å²) >= 11 is 0. The first-order valence-corrected chi connectivity index (χ1v) is 7.20. The number of amides is 1. The molecule has 10 nitrogen and oxygen atoms in total. The van der Waals surface area contributed by atoms with Gasteiger partial charge in [0.25, 0.3) is 0 Å². The van der Waals surface area contributed by atoms with Gasteiger partial charge in [-0.1, -0.05) is 0 Å².